The zero-order valence-corrected chi connectivity index (χ0v) is 14.5. The average molecular weight is 365 g/mol. The number of methoxy groups -OCH3 is 1. The van der Waals surface area contributed by atoms with Gasteiger partial charge in [-0.3, -0.25) is 0 Å². The first-order valence-electron chi connectivity index (χ1n) is 7.29. The molecule has 3 nitrogen and oxygen atoms in total. The molecule has 1 aromatic rings. The van der Waals surface area contributed by atoms with Gasteiger partial charge in [-0.25, -0.2) is 0 Å². The van der Waals surface area contributed by atoms with Crippen LogP contribution in [-0.2, 0) is 0 Å². The van der Waals surface area contributed by atoms with Crippen LogP contribution in [0.15, 0.2) is 22.7 Å². The predicted molar refractivity (Wildman–Crippen MR) is 91.4 cm³/mol. The van der Waals surface area contributed by atoms with Crippen molar-refractivity contribution in [2.75, 3.05) is 7.11 Å². The first kappa shape index (κ1) is 18.6. The van der Waals surface area contributed by atoms with Crippen LogP contribution in [0.25, 0.3) is 0 Å². The second-order valence-electron chi connectivity index (χ2n) is 4.84. The van der Waals surface area contributed by atoms with Crippen LogP contribution in [0.4, 0.5) is 0 Å². The van der Waals surface area contributed by atoms with Crippen molar-refractivity contribution >= 4 is 15.9 Å². The van der Waals surface area contributed by atoms with E-state index in [-0.39, 0.29) is 0 Å². The van der Waals surface area contributed by atoms with Crippen molar-refractivity contribution in [1.82, 2.24) is 0 Å². The van der Waals surface area contributed by atoms with Crippen molar-refractivity contribution in [3.05, 3.63) is 28.2 Å². The van der Waals surface area contributed by atoms with Gasteiger partial charge in [0, 0.05) is 10.0 Å². The van der Waals surface area contributed by atoms with Crippen LogP contribution in [0.5, 0.6) is 5.75 Å². The number of rotatable bonds is 6. The minimum atomic E-state index is -0.987. The fourth-order valence-corrected chi connectivity index (χ4v) is 2.26. The maximum absolute atomic E-state index is 10.1. The Morgan fingerprint density at radius 1 is 1.18 bits per heavy atom. The molecular weight excluding hydrogens is 344 g/mol. The highest BCUT2D eigenvalue weighted by Crippen LogP contribution is 2.28. The molecular formula is C18H21BrO3. The normalized spacial score (nSPS) is 12.4. The summed E-state index contributed by atoms with van der Waals surface area (Å²) in [6, 6.07) is 5.34. The van der Waals surface area contributed by atoms with Crippen molar-refractivity contribution < 1.29 is 14.9 Å². The molecule has 0 aliphatic rings. The van der Waals surface area contributed by atoms with E-state index in [1.165, 1.54) is 0 Å². The molecule has 0 aliphatic carbocycles. The van der Waals surface area contributed by atoms with Crippen LogP contribution in [0, 0.1) is 23.7 Å². The number of unbranched alkanes of at least 4 members (excludes halogenated alkanes) is 2. The van der Waals surface area contributed by atoms with Gasteiger partial charge in [0.2, 0.25) is 0 Å². The van der Waals surface area contributed by atoms with Gasteiger partial charge in [0.1, 0.15) is 18.0 Å². The third kappa shape index (κ3) is 6.54. The highest BCUT2D eigenvalue weighted by molar-refractivity contribution is 9.10. The summed E-state index contributed by atoms with van der Waals surface area (Å²) < 4.78 is 6.03. The summed E-state index contributed by atoms with van der Waals surface area (Å²) in [7, 11) is 1.54. The van der Waals surface area contributed by atoms with E-state index >= 15 is 0 Å². The predicted octanol–water partition coefficient (Wildman–Crippen LogP) is 3.44. The Hall–Kier alpha value is -1.46. The van der Waals surface area contributed by atoms with Crippen molar-refractivity contribution in [3.63, 3.8) is 0 Å². The molecule has 0 bridgehead atoms. The Kier molecular flexibility index (Phi) is 8.70. The number of ether oxygens (including phenoxy) is 1. The molecule has 0 saturated carbocycles. The molecule has 118 valence electrons. The molecule has 0 saturated heterocycles. The summed E-state index contributed by atoms with van der Waals surface area (Å²) in [6.45, 7) is 2.11. The van der Waals surface area contributed by atoms with E-state index in [1.807, 2.05) is 6.07 Å². The minimum absolute atomic E-state index is 0.567. The zero-order chi connectivity index (χ0) is 16.4. The lowest BCUT2D eigenvalue weighted by atomic mass is 10.1. The van der Waals surface area contributed by atoms with Crippen LogP contribution in [-0.4, -0.2) is 23.4 Å². The zero-order valence-electron chi connectivity index (χ0n) is 12.9. The lowest BCUT2D eigenvalue weighted by molar-refractivity contribution is 0.217. The lowest BCUT2D eigenvalue weighted by Gasteiger charge is -2.10. The van der Waals surface area contributed by atoms with E-state index in [4.69, 9.17) is 4.74 Å². The first-order valence-corrected chi connectivity index (χ1v) is 8.08. The number of halogens is 1. The fraction of sp³-hybridized carbons (Fsp3) is 0.444. The number of hydrogen-bond donors (Lipinski definition) is 2. The molecule has 0 amide bonds. The highest BCUT2D eigenvalue weighted by atomic mass is 79.9. The monoisotopic (exact) mass is 364 g/mol. The van der Waals surface area contributed by atoms with Crippen LogP contribution in [0.1, 0.15) is 44.3 Å². The molecule has 0 aromatic heterocycles. The summed E-state index contributed by atoms with van der Waals surface area (Å²) in [6.07, 6.45) is 2.17. The number of benzene rings is 1. The highest BCUT2D eigenvalue weighted by Gasteiger charge is 2.11. The lowest BCUT2D eigenvalue weighted by Crippen LogP contribution is -2.01. The number of aliphatic hydroxyl groups excluding tert-OH is 2. The topological polar surface area (TPSA) is 49.7 Å². The third-order valence-corrected chi connectivity index (χ3v) is 3.57. The maximum Gasteiger partial charge on any atom is 0.144 e. The fourth-order valence-electron chi connectivity index (χ4n) is 1.88. The molecule has 0 heterocycles. The molecule has 0 radical (unpaired) electrons. The summed E-state index contributed by atoms with van der Waals surface area (Å²) in [5, 5.41) is 19.7. The Morgan fingerprint density at radius 3 is 2.59 bits per heavy atom. The number of hydrogen-bond acceptors (Lipinski definition) is 3. The van der Waals surface area contributed by atoms with Gasteiger partial charge >= 0.3 is 0 Å². The molecule has 0 spiro atoms. The Morgan fingerprint density at radius 2 is 1.91 bits per heavy atom. The van der Waals surface area contributed by atoms with Gasteiger partial charge in [0.15, 0.2) is 0 Å². The standard InChI is InChI=1S/C18H21BrO3/c1-3-4-5-8-15(20)9-6-7-10-17(21)16-13-14(19)11-12-18(16)22-2/h11-13,15,17,20-21H,3-5,8H2,1-2H3. The van der Waals surface area contributed by atoms with Gasteiger partial charge in [-0.1, -0.05) is 47.5 Å². The summed E-state index contributed by atoms with van der Waals surface area (Å²) in [5.74, 6) is 11.1. The second-order valence-corrected chi connectivity index (χ2v) is 5.75. The van der Waals surface area contributed by atoms with Crippen LogP contribution in [0.3, 0.4) is 0 Å². The number of aliphatic hydroxyl groups is 2. The minimum Gasteiger partial charge on any atom is -0.496 e. The molecule has 2 atom stereocenters. The van der Waals surface area contributed by atoms with E-state index in [0.29, 0.717) is 17.7 Å². The molecule has 1 aromatic carbocycles. The van der Waals surface area contributed by atoms with Gasteiger partial charge in [-0.05, 0) is 42.9 Å². The van der Waals surface area contributed by atoms with E-state index in [9.17, 15) is 10.2 Å². The summed E-state index contributed by atoms with van der Waals surface area (Å²) in [5.41, 5.74) is 0.578. The maximum atomic E-state index is 10.1. The summed E-state index contributed by atoms with van der Waals surface area (Å²) >= 11 is 3.35. The van der Waals surface area contributed by atoms with E-state index in [1.54, 1.807) is 19.2 Å². The molecule has 4 heteroatoms. The molecule has 2 N–H and O–H groups in total. The Bertz CT molecular complexity index is 590. The third-order valence-electron chi connectivity index (χ3n) is 3.08. The molecule has 1 rings (SSSR count). The first-order chi connectivity index (χ1) is 10.6. The van der Waals surface area contributed by atoms with E-state index in [0.717, 1.165) is 23.7 Å². The van der Waals surface area contributed by atoms with Crippen LogP contribution >= 0.6 is 15.9 Å². The van der Waals surface area contributed by atoms with Gasteiger partial charge in [0.25, 0.3) is 0 Å². The van der Waals surface area contributed by atoms with Crippen molar-refractivity contribution in [2.45, 2.75) is 44.8 Å². The van der Waals surface area contributed by atoms with Crippen LogP contribution < -0.4 is 4.74 Å². The van der Waals surface area contributed by atoms with E-state index < -0.39 is 12.2 Å². The van der Waals surface area contributed by atoms with Crippen LogP contribution in [0.2, 0.25) is 0 Å². The van der Waals surface area contributed by atoms with Gasteiger partial charge < -0.3 is 14.9 Å². The van der Waals surface area contributed by atoms with E-state index in [2.05, 4.69) is 46.5 Å². The Labute approximate surface area is 140 Å². The Balaban J connectivity index is 2.67. The van der Waals surface area contributed by atoms with Gasteiger partial charge in [-0.15, -0.1) is 0 Å². The quantitative estimate of drug-likeness (QED) is 0.600. The largest absolute Gasteiger partial charge is 0.496 e. The van der Waals surface area contributed by atoms with Gasteiger partial charge in [-0.2, -0.15) is 0 Å². The van der Waals surface area contributed by atoms with Crippen molar-refractivity contribution in [2.24, 2.45) is 0 Å². The smallest absolute Gasteiger partial charge is 0.144 e. The SMILES string of the molecule is CCCCCC(O)C#CC#CC(O)c1cc(Br)ccc1OC. The summed E-state index contributed by atoms with van der Waals surface area (Å²) in [4.78, 5) is 0. The second kappa shape index (κ2) is 10.3. The molecule has 0 aliphatic heterocycles. The van der Waals surface area contributed by atoms with Gasteiger partial charge in [0.05, 0.1) is 7.11 Å². The molecule has 22 heavy (non-hydrogen) atoms. The average Bonchev–Trinajstić information content (AvgIpc) is 2.51. The van der Waals surface area contributed by atoms with Crippen molar-refractivity contribution in [1.29, 1.82) is 0 Å². The van der Waals surface area contributed by atoms with Crippen molar-refractivity contribution in [3.8, 4) is 29.4 Å². The molecule has 2 unspecified atom stereocenters. The molecule has 0 fully saturated rings.